The van der Waals surface area contributed by atoms with Gasteiger partial charge in [-0.15, -0.1) is 0 Å². The predicted octanol–water partition coefficient (Wildman–Crippen LogP) is 2.78. The highest BCUT2D eigenvalue weighted by molar-refractivity contribution is 5.74. The van der Waals surface area contributed by atoms with Crippen molar-refractivity contribution in [1.29, 1.82) is 0 Å². The Hall–Kier alpha value is -2.57. The zero-order valence-corrected chi connectivity index (χ0v) is 13.4. The van der Waals surface area contributed by atoms with Gasteiger partial charge in [-0.2, -0.15) is 0 Å². The third-order valence-corrected chi connectivity index (χ3v) is 3.39. The van der Waals surface area contributed by atoms with Crippen LogP contribution in [-0.4, -0.2) is 46.1 Å². The average Bonchev–Trinajstić information content (AvgIpc) is 3.04. The normalized spacial score (nSPS) is 18.5. The number of amides is 1. The molecule has 1 atom stereocenters. The van der Waals surface area contributed by atoms with Gasteiger partial charge in [0.15, 0.2) is 0 Å². The summed E-state index contributed by atoms with van der Waals surface area (Å²) in [5, 5.41) is 7.53. The minimum atomic E-state index is -0.525. The van der Waals surface area contributed by atoms with Crippen molar-refractivity contribution in [2.24, 2.45) is 0 Å². The number of nitrogens with zero attached hydrogens (tertiary/aromatic N) is 3. The SMILES string of the molecule is C=C1CN(C(=O)OC(C)(C)C)CC1Oc1ccc2nonc2c1. The summed E-state index contributed by atoms with van der Waals surface area (Å²) in [5.41, 5.74) is 1.59. The second-order valence-electron chi connectivity index (χ2n) is 6.54. The maximum Gasteiger partial charge on any atom is 0.410 e. The van der Waals surface area contributed by atoms with E-state index in [1.165, 1.54) is 0 Å². The fourth-order valence-electron chi connectivity index (χ4n) is 2.33. The van der Waals surface area contributed by atoms with Gasteiger partial charge >= 0.3 is 6.09 Å². The molecule has 0 aliphatic carbocycles. The highest BCUT2D eigenvalue weighted by atomic mass is 16.6. The van der Waals surface area contributed by atoms with Gasteiger partial charge < -0.3 is 14.4 Å². The summed E-state index contributed by atoms with van der Waals surface area (Å²) in [6, 6.07) is 5.30. The standard InChI is InChI=1S/C16H19N3O4/c1-10-8-19(15(20)22-16(2,3)4)9-14(10)21-11-5-6-12-13(7-11)18-23-17-12/h5-7,14H,1,8-9H2,2-4H3. The van der Waals surface area contributed by atoms with Gasteiger partial charge in [0.05, 0.1) is 6.54 Å². The third kappa shape index (κ3) is 3.44. The van der Waals surface area contributed by atoms with Crippen molar-refractivity contribution < 1.29 is 18.9 Å². The predicted molar refractivity (Wildman–Crippen MR) is 83.2 cm³/mol. The second kappa shape index (κ2) is 5.57. The van der Waals surface area contributed by atoms with Crippen LogP contribution < -0.4 is 4.74 Å². The number of ether oxygens (including phenoxy) is 2. The molecule has 23 heavy (non-hydrogen) atoms. The number of rotatable bonds is 2. The summed E-state index contributed by atoms with van der Waals surface area (Å²) in [4.78, 5) is 13.7. The van der Waals surface area contributed by atoms with Gasteiger partial charge in [0.1, 0.15) is 28.5 Å². The minimum Gasteiger partial charge on any atom is -0.484 e. The Kier molecular flexibility index (Phi) is 3.71. The Balaban J connectivity index is 1.67. The molecule has 3 rings (SSSR count). The molecule has 0 N–H and O–H groups in total. The first kappa shape index (κ1) is 15.3. The lowest BCUT2D eigenvalue weighted by molar-refractivity contribution is 0.0276. The van der Waals surface area contributed by atoms with Crippen molar-refractivity contribution in [1.82, 2.24) is 15.2 Å². The Morgan fingerprint density at radius 3 is 2.83 bits per heavy atom. The van der Waals surface area contributed by atoms with Crippen molar-refractivity contribution in [2.75, 3.05) is 13.1 Å². The number of hydrogen-bond acceptors (Lipinski definition) is 6. The van der Waals surface area contributed by atoms with Crippen molar-refractivity contribution in [3.63, 3.8) is 0 Å². The number of likely N-dealkylation sites (tertiary alicyclic amines) is 1. The molecule has 1 amide bonds. The first-order valence-electron chi connectivity index (χ1n) is 7.36. The zero-order valence-electron chi connectivity index (χ0n) is 13.4. The van der Waals surface area contributed by atoms with Crippen LogP contribution in [0.1, 0.15) is 20.8 Å². The Labute approximate surface area is 133 Å². The number of carbonyl (C=O) groups excluding carboxylic acids is 1. The summed E-state index contributed by atoms with van der Waals surface area (Å²) in [6.07, 6.45) is -0.638. The van der Waals surface area contributed by atoms with Crippen molar-refractivity contribution in [3.05, 3.63) is 30.4 Å². The highest BCUT2D eigenvalue weighted by Crippen LogP contribution is 2.25. The second-order valence-corrected chi connectivity index (χ2v) is 6.54. The van der Waals surface area contributed by atoms with Crippen LogP contribution in [0.25, 0.3) is 11.0 Å². The molecule has 2 heterocycles. The molecule has 1 aromatic carbocycles. The molecule has 0 saturated carbocycles. The summed E-state index contributed by atoms with van der Waals surface area (Å²) in [5.74, 6) is 0.630. The Bertz CT molecular complexity index is 747. The molecular weight excluding hydrogens is 298 g/mol. The van der Waals surface area contributed by atoms with Crippen LogP contribution in [0.15, 0.2) is 35.0 Å². The zero-order chi connectivity index (χ0) is 16.6. The van der Waals surface area contributed by atoms with Crippen LogP contribution in [0.2, 0.25) is 0 Å². The molecule has 0 radical (unpaired) electrons. The number of hydrogen-bond donors (Lipinski definition) is 0. The van der Waals surface area contributed by atoms with Crippen LogP contribution in [0, 0.1) is 0 Å². The van der Waals surface area contributed by atoms with E-state index < -0.39 is 5.60 Å². The van der Waals surface area contributed by atoms with E-state index in [9.17, 15) is 4.79 Å². The summed E-state index contributed by atoms with van der Waals surface area (Å²) >= 11 is 0. The lowest BCUT2D eigenvalue weighted by Gasteiger charge is -2.24. The lowest BCUT2D eigenvalue weighted by atomic mass is 10.2. The molecule has 1 unspecified atom stereocenters. The van der Waals surface area contributed by atoms with Gasteiger partial charge in [0, 0.05) is 12.6 Å². The quantitative estimate of drug-likeness (QED) is 0.793. The summed E-state index contributed by atoms with van der Waals surface area (Å²) in [6.45, 7) is 10.3. The fraction of sp³-hybridized carbons (Fsp3) is 0.438. The molecule has 7 nitrogen and oxygen atoms in total. The van der Waals surface area contributed by atoms with E-state index in [0.29, 0.717) is 29.9 Å². The first-order chi connectivity index (χ1) is 10.8. The van der Waals surface area contributed by atoms with E-state index in [2.05, 4.69) is 21.5 Å². The maximum atomic E-state index is 12.1. The van der Waals surface area contributed by atoms with Crippen LogP contribution in [-0.2, 0) is 4.74 Å². The molecule has 0 spiro atoms. The van der Waals surface area contributed by atoms with E-state index in [-0.39, 0.29) is 12.2 Å². The van der Waals surface area contributed by atoms with Crippen molar-refractivity contribution in [2.45, 2.75) is 32.5 Å². The molecule has 2 aromatic rings. The lowest BCUT2D eigenvalue weighted by Crippen LogP contribution is -2.36. The van der Waals surface area contributed by atoms with Crippen LogP contribution in [0.3, 0.4) is 0 Å². The summed E-state index contributed by atoms with van der Waals surface area (Å²) < 4.78 is 16.0. The molecule has 1 aliphatic rings. The fourth-order valence-corrected chi connectivity index (χ4v) is 2.33. The van der Waals surface area contributed by atoms with Gasteiger partial charge in [-0.3, -0.25) is 0 Å². The highest BCUT2D eigenvalue weighted by Gasteiger charge is 2.33. The molecule has 1 saturated heterocycles. The molecular formula is C16H19N3O4. The summed E-state index contributed by atoms with van der Waals surface area (Å²) in [7, 11) is 0. The van der Waals surface area contributed by atoms with Crippen molar-refractivity contribution in [3.8, 4) is 5.75 Å². The minimum absolute atomic E-state index is 0.278. The van der Waals surface area contributed by atoms with E-state index in [1.54, 1.807) is 23.1 Å². The molecule has 1 aromatic heterocycles. The smallest absolute Gasteiger partial charge is 0.410 e. The number of aromatic nitrogens is 2. The topological polar surface area (TPSA) is 77.7 Å². The molecule has 0 bridgehead atoms. The first-order valence-corrected chi connectivity index (χ1v) is 7.36. The Morgan fingerprint density at radius 2 is 2.09 bits per heavy atom. The third-order valence-electron chi connectivity index (χ3n) is 3.39. The van der Waals surface area contributed by atoms with E-state index >= 15 is 0 Å². The van der Waals surface area contributed by atoms with Crippen LogP contribution >= 0.6 is 0 Å². The van der Waals surface area contributed by atoms with E-state index in [4.69, 9.17) is 9.47 Å². The maximum absolute atomic E-state index is 12.1. The molecule has 1 aliphatic heterocycles. The van der Waals surface area contributed by atoms with Gasteiger partial charge in [0.2, 0.25) is 0 Å². The van der Waals surface area contributed by atoms with Gasteiger partial charge in [0.25, 0.3) is 0 Å². The van der Waals surface area contributed by atoms with E-state index in [1.807, 2.05) is 20.8 Å². The van der Waals surface area contributed by atoms with Crippen LogP contribution in [0.4, 0.5) is 4.79 Å². The molecule has 7 heteroatoms. The number of fused-ring (bicyclic) bond motifs is 1. The van der Waals surface area contributed by atoms with Crippen molar-refractivity contribution >= 4 is 17.1 Å². The van der Waals surface area contributed by atoms with Crippen LogP contribution in [0.5, 0.6) is 5.75 Å². The van der Waals surface area contributed by atoms with Gasteiger partial charge in [-0.1, -0.05) is 6.58 Å². The number of benzene rings is 1. The molecule has 1 fully saturated rings. The molecule has 122 valence electrons. The monoisotopic (exact) mass is 317 g/mol. The average molecular weight is 317 g/mol. The number of carbonyl (C=O) groups is 1. The Morgan fingerprint density at radius 1 is 1.35 bits per heavy atom. The van der Waals surface area contributed by atoms with Gasteiger partial charge in [-0.25, -0.2) is 9.42 Å². The largest absolute Gasteiger partial charge is 0.484 e. The van der Waals surface area contributed by atoms with E-state index in [0.717, 1.165) is 5.57 Å². The van der Waals surface area contributed by atoms with Gasteiger partial charge in [-0.05, 0) is 48.8 Å².